The maximum atomic E-state index is 12.5. The number of rotatable bonds is 4. The summed E-state index contributed by atoms with van der Waals surface area (Å²) in [5.74, 6) is 5.51. The van der Waals surface area contributed by atoms with E-state index in [0.29, 0.717) is 12.1 Å². The third-order valence-electron chi connectivity index (χ3n) is 3.36. The zero-order chi connectivity index (χ0) is 15.5. The number of hydrogen-bond donors (Lipinski definition) is 2. The van der Waals surface area contributed by atoms with E-state index in [2.05, 4.69) is 10.4 Å². The van der Waals surface area contributed by atoms with Crippen LogP contribution in [0.4, 0.5) is 13.2 Å². The normalized spacial score (nSPS) is 13.2. The van der Waals surface area contributed by atoms with Gasteiger partial charge in [0.2, 0.25) is 0 Å². The molecular weight excluding hydrogens is 279 g/mol. The minimum absolute atomic E-state index is 0.339. The van der Waals surface area contributed by atoms with Crippen molar-refractivity contribution in [1.29, 1.82) is 0 Å². The summed E-state index contributed by atoms with van der Waals surface area (Å²) < 4.78 is 37.6. The van der Waals surface area contributed by atoms with Crippen molar-refractivity contribution in [2.45, 2.75) is 25.6 Å². The molecule has 0 radical (unpaired) electrons. The molecule has 2 rings (SSSR count). The van der Waals surface area contributed by atoms with Crippen LogP contribution in [0.1, 0.15) is 28.4 Å². The van der Waals surface area contributed by atoms with Crippen molar-refractivity contribution in [2.24, 2.45) is 5.84 Å². The van der Waals surface area contributed by atoms with Gasteiger partial charge in [0.25, 0.3) is 0 Å². The number of alkyl halides is 3. The molecule has 21 heavy (non-hydrogen) atoms. The molecule has 0 spiro atoms. The number of aryl methyl sites for hydroxylation is 1. The maximum absolute atomic E-state index is 12.5. The third-order valence-corrected chi connectivity index (χ3v) is 3.36. The van der Waals surface area contributed by atoms with Crippen molar-refractivity contribution in [1.82, 2.24) is 10.4 Å². The lowest BCUT2D eigenvalue weighted by Crippen LogP contribution is -2.30. The van der Waals surface area contributed by atoms with Crippen molar-refractivity contribution in [3.63, 3.8) is 0 Å². The van der Waals surface area contributed by atoms with E-state index in [-0.39, 0.29) is 6.04 Å². The van der Waals surface area contributed by atoms with Crippen LogP contribution < -0.4 is 11.3 Å². The van der Waals surface area contributed by atoms with E-state index in [4.69, 9.17) is 5.84 Å². The number of halogens is 3. The van der Waals surface area contributed by atoms with Crippen molar-refractivity contribution in [3.05, 3.63) is 65.0 Å². The van der Waals surface area contributed by atoms with Gasteiger partial charge in [-0.05, 0) is 36.6 Å². The first-order valence-electron chi connectivity index (χ1n) is 6.45. The van der Waals surface area contributed by atoms with Gasteiger partial charge >= 0.3 is 6.18 Å². The fraction of sp³-hybridized carbons (Fsp3) is 0.267. The molecule has 0 aliphatic rings. The molecule has 1 aromatic heterocycles. The summed E-state index contributed by atoms with van der Waals surface area (Å²) in [5.41, 5.74) is 4.50. The predicted molar refractivity (Wildman–Crippen MR) is 74.2 cm³/mol. The van der Waals surface area contributed by atoms with Crippen molar-refractivity contribution >= 4 is 0 Å². The summed E-state index contributed by atoms with van der Waals surface area (Å²) in [6.07, 6.45) is -2.99. The molecule has 1 aromatic carbocycles. The molecule has 0 aliphatic carbocycles. The summed E-state index contributed by atoms with van der Waals surface area (Å²) in [5, 5.41) is 0. The minimum atomic E-state index is -4.38. The fourth-order valence-corrected chi connectivity index (χ4v) is 2.09. The Balaban J connectivity index is 2.20. The maximum Gasteiger partial charge on any atom is 0.417 e. The van der Waals surface area contributed by atoms with Gasteiger partial charge < -0.3 is 0 Å². The lowest BCUT2D eigenvalue weighted by molar-refractivity contribution is -0.137. The Hall–Kier alpha value is -1.92. The molecule has 0 saturated carbocycles. The van der Waals surface area contributed by atoms with Crippen LogP contribution >= 0.6 is 0 Å². The molecule has 1 heterocycles. The summed E-state index contributed by atoms with van der Waals surface area (Å²) in [4.78, 5) is 3.88. The van der Waals surface area contributed by atoms with Crippen LogP contribution in [-0.2, 0) is 12.6 Å². The lowest BCUT2D eigenvalue weighted by atomic mass is 9.99. The van der Waals surface area contributed by atoms with E-state index in [1.807, 2.05) is 31.2 Å². The quantitative estimate of drug-likeness (QED) is 0.673. The minimum Gasteiger partial charge on any atom is -0.271 e. The van der Waals surface area contributed by atoms with Gasteiger partial charge in [-0.2, -0.15) is 13.2 Å². The van der Waals surface area contributed by atoms with Crippen LogP contribution in [0.3, 0.4) is 0 Å². The van der Waals surface area contributed by atoms with Crippen molar-refractivity contribution in [3.8, 4) is 0 Å². The topological polar surface area (TPSA) is 50.9 Å². The van der Waals surface area contributed by atoms with Crippen LogP contribution in [0, 0.1) is 6.92 Å². The molecule has 3 N–H and O–H groups in total. The van der Waals surface area contributed by atoms with Crippen LogP contribution in [0.2, 0.25) is 0 Å². The van der Waals surface area contributed by atoms with E-state index >= 15 is 0 Å². The number of benzene rings is 1. The first-order valence-corrected chi connectivity index (χ1v) is 6.45. The second-order valence-corrected chi connectivity index (χ2v) is 4.82. The predicted octanol–water partition coefficient (Wildman–Crippen LogP) is 3.16. The molecule has 1 atom stereocenters. The zero-order valence-electron chi connectivity index (χ0n) is 11.5. The second kappa shape index (κ2) is 6.24. The van der Waals surface area contributed by atoms with Gasteiger partial charge in [-0.1, -0.05) is 24.3 Å². The van der Waals surface area contributed by atoms with Crippen molar-refractivity contribution < 1.29 is 13.2 Å². The van der Waals surface area contributed by atoms with Gasteiger partial charge in [-0.15, -0.1) is 0 Å². The van der Waals surface area contributed by atoms with Gasteiger partial charge in [-0.3, -0.25) is 16.3 Å². The molecular formula is C15H16F3N3. The number of hydrogen-bond acceptors (Lipinski definition) is 3. The summed E-state index contributed by atoms with van der Waals surface area (Å²) >= 11 is 0. The molecule has 2 aromatic rings. The van der Waals surface area contributed by atoms with Crippen molar-refractivity contribution in [2.75, 3.05) is 0 Å². The van der Waals surface area contributed by atoms with Crippen LogP contribution in [-0.4, -0.2) is 4.98 Å². The van der Waals surface area contributed by atoms with Gasteiger partial charge in [0.05, 0.1) is 17.3 Å². The number of hydrazine groups is 1. The average molecular weight is 295 g/mol. The Bertz CT molecular complexity index is 594. The highest BCUT2D eigenvalue weighted by molar-refractivity contribution is 5.28. The highest BCUT2D eigenvalue weighted by Gasteiger charge is 2.31. The van der Waals surface area contributed by atoms with Crippen LogP contribution in [0.25, 0.3) is 0 Å². The molecule has 0 amide bonds. The number of nitrogens with two attached hydrogens (primary N) is 1. The van der Waals surface area contributed by atoms with E-state index in [9.17, 15) is 13.2 Å². The summed E-state index contributed by atoms with van der Waals surface area (Å²) in [7, 11) is 0. The van der Waals surface area contributed by atoms with Gasteiger partial charge in [0.1, 0.15) is 0 Å². The summed E-state index contributed by atoms with van der Waals surface area (Å²) in [6, 6.07) is 9.81. The molecule has 0 fully saturated rings. The van der Waals surface area contributed by atoms with Gasteiger partial charge in [-0.25, -0.2) is 0 Å². The molecule has 112 valence electrons. The Kier molecular flexibility index (Phi) is 4.59. The average Bonchev–Trinajstić information content (AvgIpc) is 2.46. The third kappa shape index (κ3) is 3.80. The molecule has 0 saturated heterocycles. The van der Waals surface area contributed by atoms with Gasteiger partial charge in [0.15, 0.2) is 0 Å². The van der Waals surface area contributed by atoms with E-state index < -0.39 is 11.7 Å². The standard InChI is InChI=1S/C15H16F3N3/c1-10-4-2-3-5-11(10)8-14(21-19)13-7-6-12(9-20-13)15(16,17)18/h2-7,9,14,21H,8,19H2,1H3. The number of aromatic nitrogens is 1. The van der Waals surface area contributed by atoms with Crippen LogP contribution in [0.15, 0.2) is 42.6 Å². The summed E-state index contributed by atoms with van der Waals surface area (Å²) in [6.45, 7) is 1.98. The largest absolute Gasteiger partial charge is 0.417 e. The first kappa shape index (κ1) is 15.5. The lowest BCUT2D eigenvalue weighted by Gasteiger charge is -2.17. The number of nitrogens with one attached hydrogen (secondary N) is 1. The Morgan fingerprint density at radius 1 is 1.19 bits per heavy atom. The van der Waals surface area contributed by atoms with Gasteiger partial charge in [0, 0.05) is 6.20 Å². The molecule has 0 aliphatic heterocycles. The zero-order valence-corrected chi connectivity index (χ0v) is 11.5. The molecule has 0 bridgehead atoms. The number of pyridine rings is 1. The second-order valence-electron chi connectivity index (χ2n) is 4.82. The highest BCUT2D eigenvalue weighted by Crippen LogP contribution is 2.29. The van der Waals surface area contributed by atoms with E-state index in [1.54, 1.807) is 0 Å². The SMILES string of the molecule is Cc1ccccc1CC(NN)c1ccc(C(F)(F)F)cn1. The number of nitrogens with zero attached hydrogens (tertiary/aromatic N) is 1. The fourth-order valence-electron chi connectivity index (χ4n) is 2.09. The molecule has 1 unspecified atom stereocenters. The Morgan fingerprint density at radius 2 is 1.90 bits per heavy atom. The van der Waals surface area contributed by atoms with E-state index in [0.717, 1.165) is 23.4 Å². The smallest absolute Gasteiger partial charge is 0.271 e. The highest BCUT2D eigenvalue weighted by atomic mass is 19.4. The van der Waals surface area contributed by atoms with Crippen LogP contribution in [0.5, 0.6) is 0 Å². The Labute approximate surface area is 121 Å². The monoisotopic (exact) mass is 295 g/mol. The van der Waals surface area contributed by atoms with E-state index in [1.165, 1.54) is 6.07 Å². The first-order chi connectivity index (χ1) is 9.91. The Morgan fingerprint density at radius 3 is 2.43 bits per heavy atom. The molecule has 3 nitrogen and oxygen atoms in total. The molecule has 6 heteroatoms.